The van der Waals surface area contributed by atoms with E-state index in [4.69, 9.17) is 17.3 Å². The second-order valence-corrected chi connectivity index (χ2v) is 4.77. The molecule has 7 heteroatoms. The van der Waals surface area contributed by atoms with Gasteiger partial charge in [-0.25, -0.2) is 0 Å². The molecule has 1 aliphatic carbocycles. The smallest absolute Gasteiger partial charge is 0.289 e. The third kappa shape index (κ3) is 2.30. The van der Waals surface area contributed by atoms with Crippen LogP contribution in [-0.2, 0) is 4.79 Å². The lowest BCUT2D eigenvalue weighted by molar-refractivity contribution is -0.384. The SMILES string of the molecule is NCC1(C(=O)Nc2ccc(Cl)c([N+](=O)[O-])c2)CC1. The molecule has 1 aliphatic rings. The summed E-state index contributed by atoms with van der Waals surface area (Å²) in [6.45, 7) is 0.286. The standard InChI is InChI=1S/C11H12ClN3O3/c12-8-2-1-7(5-9(8)15(17)18)14-10(16)11(6-13)3-4-11/h1-2,5H,3-4,6,13H2,(H,14,16). The van der Waals surface area contributed by atoms with Crippen molar-refractivity contribution in [3.63, 3.8) is 0 Å². The van der Waals surface area contributed by atoms with E-state index in [1.807, 2.05) is 0 Å². The Hall–Kier alpha value is -1.66. The quantitative estimate of drug-likeness (QED) is 0.644. The van der Waals surface area contributed by atoms with Crippen LogP contribution in [0.25, 0.3) is 0 Å². The third-order valence-electron chi connectivity index (χ3n) is 3.13. The first-order chi connectivity index (χ1) is 8.48. The Balaban J connectivity index is 2.17. The molecule has 1 saturated carbocycles. The lowest BCUT2D eigenvalue weighted by Crippen LogP contribution is -2.30. The minimum absolute atomic E-state index is 0.0398. The predicted octanol–water partition coefficient (Wildman–Crippen LogP) is 1.93. The van der Waals surface area contributed by atoms with Gasteiger partial charge in [0.1, 0.15) is 5.02 Å². The summed E-state index contributed by atoms with van der Waals surface area (Å²) in [6, 6.07) is 4.16. The van der Waals surface area contributed by atoms with Crippen LogP contribution in [0, 0.1) is 15.5 Å². The summed E-state index contributed by atoms with van der Waals surface area (Å²) in [6.07, 6.45) is 1.51. The first kappa shape index (κ1) is 12.8. The van der Waals surface area contributed by atoms with Crippen LogP contribution in [0.2, 0.25) is 5.02 Å². The van der Waals surface area contributed by atoms with Gasteiger partial charge in [-0.1, -0.05) is 11.6 Å². The van der Waals surface area contributed by atoms with Crippen LogP contribution in [0.5, 0.6) is 0 Å². The first-order valence-corrected chi connectivity index (χ1v) is 5.82. The van der Waals surface area contributed by atoms with Gasteiger partial charge in [0, 0.05) is 18.3 Å². The van der Waals surface area contributed by atoms with E-state index in [0.717, 1.165) is 12.8 Å². The molecule has 0 aromatic heterocycles. The molecule has 0 radical (unpaired) electrons. The number of rotatable bonds is 4. The van der Waals surface area contributed by atoms with Gasteiger partial charge < -0.3 is 11.1 Å². The number of benzene rings is 1. The second kappa shape index (κ2) is 4.55. The van der Waals surface area contributed by atoms with Gasteiger partial charge in [0.2, 0.25) is 5.91 Å². The molecule has 0 bridgehead atoms. The van der Waals surface area contributed by atoms with Crippen LogP contribution in [-0.4, -0.2) is 17.4 Å². The Labute approximate surface area is 108 Å². The number of amides is 1. The third-order valence-corrected chi connectivity index (χ3v) is 3.45. The van der Waals surface area contributed by atoms with Crippen LogP contribution in [0.3, 0.4) is 0 Å². The van der Waals surface area contributed by atoms with Crippen molar-refractivity contribution < 1.29 is 9.72 Å². The summed E-state index contributed by atoms with van der Waals surface area (Å²) < 4.78 is 0. The fourth-order valence-corrected chi connectivity index (χ4v) is 1.86. The highest BCUT2D eigenvalue weighted by atomic mass is 35.5. The number of nitrogens with one attached hydrogen (secondary N) is 1. The van der Waals surface area contributed by atoms with E-state index in [9.17, 15) is 14.9 Å². The summed E-state index contributed by atoms with van der Waals surface area (Å²) in [5.74, 6) is -0.193. The zero-order valence-electron chi connectivity index (χ0n) is 9.48. The molecule has 96 valence electrons. The van der Waals surface area contributed by atoms with Crippen molar-refractivity contribution >= 4 is 28.9 Å². The Morgan fingerprint density at radius 3 is 2.72 bits per heavy atom. The fraction of sp³-hybridized carbons (Fsp3) is 0.364. The van der Waals surface area contributed by atoms with Crippen molar-refractivity contribution in [1.82, 2.24) is 0 Å². The molecule has 1 amide bonds. The molecule has 0 spiro atoms. The number of hydrogen-bond acceptors (Lipinski definition) is 4. The Kier molecular flexibility index (Phi) is 3.23. The molecular formula is C11H12ClN3O3. The molecule has 0 aliphatic heterocycles. The largest absolute Gasteiger partial charge is 0.329 e. The maximum Gasteiger partial charge on any atom is 0.289 e. The average Bonchev–Trinajstić information content (AvgIpc) is 3.12. The number of carbonyl (C=O) groups excluding carboxylic acids is 1. The number of nitro groups is 1. The number of nitrogens with two attached hydrogens (primary N) is 1. The van der Waals surface area contributed by atoms with Gasteiger partial charge >= 0.3 is 0 Å². The van der Waals surface area contributed by atoms with E-state index in [1.165, 1.54) is 18.2 Å². The average molecular weight is 270 g/mol. The minimum Gasteiger partial charge on any atom is -0.329 e. The van der Waals surface area contributed by atoms with E-state index in [0.29, 0.717) is 5.69 Å². The molecule has 3 N–H and O–H groups in total. The molecule has 2 rings (SSSR count). The van der Waals surface area contributed by atoms with E-state index in [1.54, 1.807) is 0 Å². The van der Waals surface area contributed by atoms with Crippen molar-refractivity contribution in [3.05, 3.63) is 33.3 Å². The molecule has 1 aromatic rings. The topological polar surface area (TPSA) is 98.3 Å². The van der Waals surface area contributed by atoms with E-state index in [-0.39, 0.29) is 23.2 Å². The molecular weight excluding hydrogens is 258 g/mol. The number of halogens is 1. The van der Waals surface area contributed by atoms with Crippen LogP contribution in [0.1, 0.15) is 12.8 Å². The van der Waals surface area contributed by atoms with Crippen LogP contribution in [0.4, 0.5) is 11.4 Å². The molecule has 0 unspecified atom stereocenters. The van der Waals surface area contributed by atoms with E-state index < -0.39 is 10.3 Å². The number of carbonyl (C=O) groups is 1. The van der Waals surface area contributed by atoms with Gasteiger partial charge in [-0.05, 0) is 25.0 Å². The summed E-state index contributed by atoms with van der Waals surface area (Å²) in [5, 5.41) is 13.4. The van der Waals surface area contributed by atoms with E-state index >= 15 is 0 Å². The highest BCUT2D eigenvalue weighted by Crippen LogP contribution is 2.45. The summed E-state index contributed by atoms with van der Waals surface area (Å²) in [5.41, 5.74) is 5.17. The van der Waals surface area contributed by atoms with Crippen LogP contribution in [0.15, 0.2) is 18.2 Å². The molecule has 0 saturated heterocycles. The summed E-state index contributed by atoms with van der Waals surface area (Å²) in [7, 11) is 0. The number of anilines is 1. The Bertz CT molecular complexity index is 514. The lowest BCUT2D eigenvalue weighted by Gasteiger charge is -2.12. The van der Waals surface area contributed by atoms with Crippen molar-refractivity contribution in [2.24, 2.45) is 11.1 Å². The monoisotopic (exact) mass is 269 g/mol. The number of nitrogens with zero attached hydrogens (tertiary/aromatic N) is 1. The molecule has 0 atom stereocenters. The van der Waals surface area contributed by atoms with Crippen molar-refractivity contribution in [2.45, 2.75) is 12.8 Å². The van der Waals surface area contributed by atoms with Gasteiger partial charge in [-0.15, -0.1) is 0 Å². The van der Waals surface area contributed by atoms with Gasteiger partial charge in [-0.2, -0.15) is 0 Å². The minimum atomic E-state index is -0.589. The van der Waals surface area contributed by atoms with E-state index in [2.05, 4.69) is 5.32 Å². The predicted molar refractivity (Wildman–Crippen MR) is 67.5 cm³/mol. The molecule has 18 heavy (non-hydrogen) atoms. The number of nitro benzene ring substituents is 1. The zero-order chi connectivity index (χ0) is 13.3. The van der Waals surface area contributed by atoms with Gasteiger partial charge in [-0.3, -0.25) is 14.9 Å². The van der Waals surface area contributed by atoms with Crippen LogP contribution < -0.4 is 11.1 Å². The van der Waals surface area contributed by atoms with Gasteiger partial charge in [0.05, 0.1) is 10.3 Å². The maximum absolute atomic E-state index is 11.9. The Morgan fingerprint density at radius 2 is 2.22 bits per heavy atom. The molecule has 0 heterocycles. The second-order valence-electron chi connectivity index (χ2n) is 4.36. The van der Waals surface area contributed by atoms with Crippen molar-refractivity contribution in [3.8, 4) is 0 Å². The molecule has 1 fully saturated rings. The number of hydrogen-bond donors (Lipinski definition) is 2. The van der Waals surface area contributed by atoms with Crippen molar-refractivity contribution in [2.75, 3.05) is 11.9 Å². The fourth-order valence-electron chi connectivity index (χ4n) is 1.67. The highest BCUT2D eigenvalue weighted by Gasteiger charge is 2.48. The molecule has 1 aromatic carbocycles. The van der Waals surface area contributed by atoms with Gasteiger partial charge in [0.15, 0.2) is 0 Å². The molecule has 6 nitrogen and oxygen atoms in total. The lowest BCUT2D eigenvalue weighted by atomic mass is 10.1. The normalized spacial score (nSPS) is 16.1. The van der Waals surface area contributed by atoms with Crippen LogP contribution >= 0.6 is 11.6 Å². The zero-order valence-corrected chi connectivity index (χ0v) is 10.2. The summed E-state index contributed by atoms with van der Waals surface area (Å²) in [4.78, 5) is 22.0. The maximum atomic E-state index is 11.9. The summed E-state index contributed by atoms with van der Waals surface area (Å²) >= 11 is 5.68. The van der Waals surface area contributed by atoms with Crippen molar-refractivity contribution in [1.29, 1.82) is 0 Å². The Morgan fingerprint density at radius 1 is 1.56 bits per heavy atom. The highest BCUT2D eigenvalue weighted by molar-refractivity contribution is 6.32. The van der Waals surface area contributed by atoms with Gasteiger partial charge in [0.25, 0.3) is 5.69 Å². The first-order valence-electron chi connectivity index (χ1n) is 5.44.